The molecule has 1 amide bonds. The van der Waals surface area contributed by atoms with Gasteiger partial charge in [-0.05, 0) is 30.4 Å². The minimum Gasteiger partial charge on any atom is -0.484 e. The fourth-order valence-electron chi connectivity index (χ4n) is 1.45. The Balaban J connectivity index is 1.82. The summed E-state index contributed by atoms with van der Waals surface area (Å²) in [7, 11) is 1.60. The fourth-order valence-corrected chi connectivity index (χ4v) is 1.45. The van der Waals surface area contributed by atoms with Crippen molar-refractivity contribution in [2.75, 3.05) is 13.7 Å². The van der Waals surface area contributed by atoms with E-state index in [0.29, 0.717) is 5.92 Å². The van der Waals surface area contributed by atoms with Crippen LogP contribution in [0.3, 0.4) is 0 Å². The zero-order chi connectivity index (χ0) is 9.26. The van der Waals surface area contributed by atoms with E-state index in [9.17, 15) is 4.79 Å². The zero-order valence-corrected chi connectivity index (χ0v) is 7.62. The van der Waals surface area contributed by atoms with Gasteiger partial charge < -0.3 is 10.1 Å². The molecular weight excluding hydrogens is 166 g/mol. The van der Waals surface area contributed by atoms with E-state index in [1.807, 2.05) is 6.08 Å². The Morgan fingerprint density at radius 2 is 2.54 bits per heavy atom. The first-order valence-electron chi connectivity index (χ1n) is 4.53. The Morgan fingerprint density at radius 1 is 1.69 bits per heavy atom. The smallest absolute Gasteiger partial charge is 0.257 e. The van der Waals surface area contributed by atoms with Gasteiger partial charge in [0, 0.05) is 7.05 Å². The van der Waals surface area contributed by atoms with Crippen molar-refractivity contribution < 1.29 is 9.53 Å². The standard InChI is InChI=1S/C10H13NO2/c1-11-10(12)6-13-9-3-2-7-4-8(7)5-9/h2-3,5,7-8H,4,6H2,1H3,(H,11,12). The molecule has 0 spiro atoms. The SMILES string of the molecule is CNC(=O)COC1=CC2CC2C=C1. The first-order valence-corrected chi connectivity index (χ1v) is 4.53. The van der Waals surface area contributed by atoms with E-state index in [4.69, 9.17) is 4.74 Å². The molecule has 2 aliphatic carbocycles. The highest BCUT2D eigenvalue weighted by Crippen LogP contribution is 2.44. The van der Waals surface area contributed by atoms with E-state index in [1.165, 1.54) is 6.42 Å². The number of likely N-dealkylation sites (N-methyl/N-ethyl adjacent to an activating group) is 1. The molecule has 0 radical (unpaired) electrons. The Morgan fingerprint density at radius 3 is 3.23 bits per heavy atom. The van der Waals surface area contributed by atoms with Crippen LogP contribution in [0.1, 0.15) is 6.42 Å². The average Bonchev–Trinajstić information content (AvgIpc) is 2.91. The van der Waals surface area contributed by atoms with Crippen LogP contribution in [0.25, 0.3) is 0 Å². The third-order valence-corrected chi connectivity index (χ3v) is 2.43. The zero-order valence-electron chi connectivity index (χ0n) is 7.62. The maximum absolute atomic E-state index is 10.9. The lowest BCUT2D eigenvalue weighted by molar-refractivity contribution is -0.123. The molecule has 0 aliphatic heterocycles. The van der Waals surface area contributed by atoms with Crippen LogP contribution in [-0.2, 0) is 9.53 Å². The molecule has 0 aromatic carbocycles. The number of hydrogen-bond donors (Lipinski definition) is 1. The van der Waals surface area contributed by atoms with E-state index in [-0.39, 0.29) is 12.5 Å². The van der Waals surface area contributed by atoms with Crippen molar-refractivity contribution in [3.8, 4) is 0 Å². The molecule has 2 unspecified atom stereocenters. The van der Waals surface area contributed by atoms with Crippen LogP contribution in [-0.4, -0.2) is 19.6 Å². The normalized spacial score (nSPS) is 28.8. The fraction of sp³-hybridized carbons (Fsp3) is 0.500. The molecular formula is C10H13NO2. The van der Waals surface area contributed by atoms with E-state index in [0.717, 1.165) is 11.7 Å². The lowest BCUT2D eigenvalue weighted by Crippen LogP contribution is -2.23. The van der Waals surface area contributed by atoms with Crippen molar-refractivity contribution in [1.29, 1.82) is 0 Å². The second kappa shape index (κ2) is 3.24. The summed E-state index contributed by atoms with van der Waals surface area (Å²) in [6.45, 7) is 0.115. The summed E-state index contributed by atoms with van der Waals surface area (Å²) in [5.74, 6) is 2.16. The van der Waals surface area contributed by atoms with Crippen LogP contribution in [0.2, 0.25) is 0 Å². The first kappa shape index (κ1) is 8.35. The Hall–Kier alpha value is -1.25. The predicted molar refractivity (Wildman–Crippen MR) is 48.8 cm³/mol. The molecule has 3 heteroatoms. The van der Waals surface area contributed by atoms with Crippen molar-refractivity contribution in [2.24, 2.45) is 11.8 Å². The van der Waals surface area contributed by atoms with Gasteiger partial charge in [0.15, 0.2) is 6.61 Å². The van der Waals surface area contributed by atoms with Crippen molar-refractivity contribution >= 4 is 5.91 Å². The van der Waals surface area contributed by atoms with Crippen molar-refractivity contribution in [1.82, 2.24) is 5.32 Å². The number of rotatable bonds is 3. The average molecular weight is 179 g/mol. The second-order valence-electron chi connectivity index (χ2n) is 3.45. The number of amides is 1. The van der Waals surface area contributed by atoms with Gasteiger partial charge in [-0.2, -0.15) is 0 Å². The van der Waals surface area contributed by atoms with Gasteiger partial charge in [-0.3, -0.25) is 4.79 Å². The minimum atomic E-state index is -0.0905. The molecule has 13 heavy (non-hydrogen) atoms. The Labute approximate surface area is 77.5 Å². The number of hydrogen-bond acceptors (Lipinski definition) is 2. The lowest BCUT2D eigenvalue weighted by atomic mass is 10.2. The number of ether oxygens (including phenoxy) is 1. The van der Waals surface area contributed by atoms with E-state index in [1.54, 1.807) is 7.05 Å². The van der Waals surface area contributed by atoms with Crippen LogP contribution in [0.4, 0.5) is 0 Å². The van der Waals surface area contributed by atoms with Gasteiger partial charge >= 0.3 is 0 Å². The predicted octanol–water partition coefficient (Wildman–Crippen LogP) is 0.839. The van der Waals surface area contributed by atoms with Crippen molar-refractivity contribution in [3.05, 3.63) is 24.0 Å². The molecule has 0 saturated heterocycles. The van der Waals surface area contributed by atoms with E-state index >= 15 is 0 Å². The molecule has 1 N–H and O–H groups in total. The van der Waals surface area contributed by atoms with Crippen molar-refractivity contribution in [3.63, 3.8) is 0 Å². The van der Waals surface area contributed by atoms with Gasteiger partial charge in [-0.15, -0.1) is 0 Å². The largest absolute Gasteiger partial charge is 0.484 e. The molecule has 70 valence electrons. The molecule has 2 rings (SSSR count). The molecule has 0 heterocycles. The monoisotopic (exact) mass is 179 g/mol. The van der Waals surface area contributed by atoms with E-state index in [2.05, 4.69) is 17.5 Å². The van der Waals surface area contributed by atoms with Gasteiger partial charge in [-0.1, -0.05) is 6.08 Å². The van der Waals surface area contributed by atoms with Crippen molar-refractivity contribution in [2.45, 2.75) is 6.42 Å². The van der Waals surface area contributed by atoms with Crippen LogP contribution in [0.5, 0.6) is 0 Å². The molecule has 0 aromatic heterocycles. The van der Waals surface area contributed by atoms with Crippen LogP contribution in [0.15, 0.2) is 24.0 Å². The van der Waals surface area contributed by atoms with Gasteiger partial charge in [0.25, 0.3) is 5.91 Å². The Kier molecular flexibility index (Phi) is 2.08. The quantitative estimate of drug-likeness (QED) is 0.697. The molecule has 0 bridgehead atoms. The molecule has 1 saturated carbocycles. The summed E-state index contributed by atoms with van der Waals surface area (Å²) < 4.78 is 5.29. The number of allylic oxidation sites excluding steroid dienone is 3. The first-order chi connectivity index (χ1) is 6.29. The highest BCUT2D eigenvalue weighted by atomic mass is 16.5. The van der Waals surface area contributed by atoms with Crippen LogP contribution >= 0.6 is 0 Å². The summed E-state index contributed by atoms with van der Waals surface area (Å²) in [6.07, 6.45) is 7.46. The lowest BCUT2D eigenvalue weighted by Gasteiger charge is -2.08. The third kappa shape index (κ3) is 1.91. The van der Waals surface area contributed by atoms with Crippen LogP contribution < -0.4 is 5.32 Å². The minimum absolute atomic E-state index is 0.0905. The number of nitrogens with one attached hydrogen (secondary N) is 1. The Bertz CT molecular complexity index is 281. The maximum atomic E-state index is 10.9. The summed E-state index contributed by atoms with van der Waals surface area (Å²) >= 11 is 0. The van der Waals surface area contributed by atoms with Gasteiger partial charge in [0.1, 0.15) is 5.76 Å². The third-order valence-electron chi connectivity index (χ3n) is 2.43. The highest BCUT2D eigenvalue weighted by Gasteiger charge is 2.35. The highest BCUT2D eigenvalue weighted by molar-refractivity contribution is 5.76. The van der Waals surface area contributed by atoms with Crippen LogP contribution in [0, 0.1) is 11.8 Å². The number of carbonyl (C=O) groups is 1. The van der Waals surface area contributed by atoms with Gasteiger partial charge in [-0.25, -0.2) is 0 Å². The molecule has 3 nitrogen and oxygen atoms in total. The number of carbonyl (C=O) groups excluding carboxylic acids is 1. The van der Waals surface area contributed by atoms with E-state index < -0.39 is 0 Å². The second-order valence-corrected chi connectivity index (χ2v) is 3.45. The summed E-state index contributed by atoms with van der Waals surface area (Å²) in [5, 5.41) is 2.51. The summed E-state index contributed by atoms with van der Waals surface area (Å²) in [4.78, 5) is 10.9. The molecule has 2 aliphatic rings. The van der Waals surface area contributed by atoms with Gasteiger partial charge in [0.05, 0.1) is 0 Å². The van der Waals surface area contributed by atoms with Gasteiger partial charge in [0.2, 0.25) is 0 Å². The maximum Gasteiger partial charge on any atom is 0.257 e. The topological polar surface area (TPSA) is 38.3 Å². The molecule has 0 aromatic rings. The molecule has 1 fully saturated rings. The molecule has 2 atom stereocenters. The summed E-state index contributed by atoms with van der Waals surface area (Å²) in [5.41, 5.74) is 0. The summed E-state index contributed by atoms with van der Waals surface area (Å²) in [6, 6.07) is 0. The number of fused-ring (bicyclic) bond motifs is 1.